The summed E-state index contributed by atoms with van der Waals surface area (Å²) in [5.41, 5.74) is 0.983. The van der Waals surface area contributed by atoms with E-state index < -0.39 is 34.2 Å². The molecule has 2 amide bonds. The molecule has 1 unspecified atom stereocenters. The second-order valence-electron chi connectivity index (χ2n) is 9.80. The third-order valence-electron chi connectivity index (χ3n) is 6.94. The fourth-order valence-corrected chi connectivity index (χ4v) is 5.76. The van der Waals surface area contributed by atoms with Gasteiger partial charge in [-0.3, -0.25) is 25.0 Å². The van der Waals surface area contributed by atoms with E-state index in [1.165, 1.54) is 65.3 Å². The summed E-state index contributed by atoms with van der Waals surface area (Å²) in [5, 5.41) is 32.4. The lowest BCUT2D eigenvalue weighted by atomic mass is 9.88. The maximum absolute atomic E-state index is 13.0. The predicted octanol–water partition coefficient (Wildman–Crippen LogP) is 3.49. The number of hydrogen-bond donors (Lipinski definition) is 1. The smallest absolute Gasteiger partial charge is 0.410 e. The Kier molecular flexibility index (Phi) is 9.39. The number of benzene rings is 2. The Balaban J connectivity index is 1.30. The molecule has 2 aromatic rings. The number of carbonyl (C=O) groups excluding carboxylic acids is 3. The molecule has 0 spiro atoms. The van der Waals surface area contributed by atoms with Gasteiger partial charge in [-0.15, -0.1) is 0 Å². The van der Waals surface area contributed by atoms with Crippen molar-refractivity contribution in [3.05, 3.63) is 79.9 Å². The molecule has 2 heterocycles. The number of likely N-dealkylation sites (tertiary alicyclic amines) is 2. The maximum atomic E-state index is 13.0. The zero-order valence-electron chi connectivity index (χ0n) is 22.0. The van der Waals surface area contributed by atoms with E-state index in [0.29, 0.717) is 17.5 Å². The molecule has 15 heteroatoms. The van der Waals surface area contributed by atoms with Crippen molar-refractivity contribution in [1.29, 1.82) is 0 Å². The maximum Gasteiger partial charge on any atom is 0.410 e. The first-order chi connectivity index (χ1) is 19.5. The van der Waals surface area contributed by atoms with Crippen LogP contribution in [0.3, 0.4) is 0 Å². The van der Waals surface area contributed by atoms with Gasteiger partial charge < -0.3 is 24.4 Å². The highest BCUT2D eigenvalue weighted by Gasteiger charge is 2.47. The van der Waals surface area contributed by atoms with Gasteiger partial charge in [0.25, 0.3) is 11.4 Å². The number of nitro benzene ring substituents is 2. The van der Waals surface area contributed by atoms with Gasteiger partial charge in [0.05, 0.1) is 22.0 Å². The van der Waals surface area contributed by atoms with E-state index >= 15 is 0 Å². The van der Waals surface area contributed by atoms with Crippen molar-refractivity contribution in [3.8, 4) is 0 Å². The molecule has 2 saturated heterocycles. The summed E-state index contributed by atoms with van der Waals surface area (Å²) in [6.07, 6.45) is -1.90. The number of aliphatic hydroxyl groups excluding tert-OH is 1. The Morgan fingerprint density at radius 1 is 0.902 bits per heavy atom. The minimum Gasteiger partial charge on any atom is -0.445 e. The van der Waals surface area contributed by atoms with Crippen molar-refractivity contribution in [1.82, 2.24) is 9.80 Å². The summed E-state index contributed by atoms with van der Waals surface area (Å²) in [6, 6.07) is 10.6. The molecule has 1 N–H and O–H groups in total. The first-order valence-electron chi connectivity index (χ1n) is 12.7. The lowest BCUT2D eigenvalue weighted by Crippen LogP contribution is -2.59. The Labute approximate surface area is 238 Å². The van der Waals surface area contributed by atoms with Crippen LogP contribution >= 0.6 is 11.8 Å². The summed E-state index contributed by atoms with van der Waals surface area (Å²) in [6.45, 7) is 1.83. The van der Waals surface area contributed by atoms with Gasteiger partial charge in [-0.25, -0.2) is 9.59 Å². The van der Waals surface area contributed by atoms with E-state index in [0.717, 1.165) is 11.8 Å². The first-order valence-corrected chi connectivity index (χ1v) is 13.6. The van der Waals surface area contributed by atoms with E-state index in [1.54, 1.807) is 0 Å². The zero-order valence-corrected chi connectivity index (χ0v) is 22.8. The molecule has 218 valence electrons. The number of carbonyl (C=O) groups is 3. The highest BCUT2D eigenvalue weighted by Crippen LogP contribution is 2.34. The number of aliphatic hydroxyl groups is 1. The van der Waals surface area contributed by atoms with Crippen molar-refractivity contribution < 1.29 is 38.8 Å². The molecule has 0 bridgehead atoms. The van der Waals surface area contributed by atoms with Gasteiger partial charge >= 0.3 is 12.2 Å². The first kappa shape index (κ1) is 29.7. The lowest BCUT2D eigenvalue weighted by molar-refractivity contribution is -0.385. The quantitative estimate of drug-likeness (QED) is 0.334. The number of nitrogens with zero attached hydrogens (tertiary/aromatic N) is 4. The normalized spacial score (nSPS) is 19.3. The predicted molar refractivity (Wildman–Crippen MR) is 145 cm³/mol. The van der Waals surface area contributed by atoms with Crippen LogP contribution in [0.4, 0.5) is 21.0 Å². The third kappa shape index (κ3) is 7.49. The van der Waals surface area contributed by atoms with Crippen LogP contribution in [0.15, 0.2) is 48.5 Å². The standard InChI is InChI=1S/C26H28N4O10S/c1-16(31)41-22-10-23(28(13-22)26(34)40-15-18-4-8-21(9-5-18)30(37)38)24(32)19-11-27(12-19)25(33)39-14-17-2-6-20(7-3-17)29(35)36/h2-9,19,22-24,32H,10-15H2,1H3/t22-,23+,24?/m1/s1. The number of rotatable bonds is 9. The van der Waals surface area contributed by atoms with Gasteiger partial charge in [-0.05, 0) is 41.8 Å². The van der Waals surface area contributed by atoms with E-state index in [-0.39, 0.29) is 60.5 Å². The van der Waals surface area contributed by atoms with Crippen LogP contribution in [0.1, 0.15) is 24.5 Å². The molecule has 4 rings (SSSR count). The van der Waals surface area contributed by atoms with Crippen LogP contribution in [0.5, 0.6) is 0 Å². The molecule has 2 aliphatic rings. The molecule has 2 aliphatic heterocycles. The Morgan fingerprint density at radius 2 is 1.39 bits per heavy atom. The van der Waals surface area contributed by atoms with Crippen LogP contribution in [-0.4, -0.2) is 79.1 Å². The zero-order chi connectivity index (χ0) is 29.7. The summed E-state index contributed by atoms with van der Waals surface area (Å²) < 4.78 is 10.7. The van der Waals surface area contributed by atoms with Gasteiger partial charge in [-0.1, -0.05) is 11.8 Å². The minimum atomic E-state index is -0.988. The molecule has 0 radical (unpaired) electrons. The molecule has 2 aromatic carbocycles. The molecule has 0 aromatic heterocycles. The summed E-state index contributed by atoms with van der Waals surface area (Å²) >= 11 is 1.09. The number of hydrogen-bond acceptors (Lipinski definition) is 11. The minimum absolute atomic E-state index is 0.0680. The van der Waals surface area contributed by atoms with Crippen molar-refractivity contribution in [3.63, 3.8) is 0 Å². The van der Waals surface area contributed by atoms with E-state index in [4.69, 9.17) is 9.47 Å². The Hall–Kier alpha value is -4.24. The topological polar surface area (TPSA) is 183 Å². The molecular formula is C26H28N4O10S. The Morgan fingerprint density at radius 3 is 1.85 bits per heavy atom. The number of amides is 2. The van der Waals surface area contributed by atoms with E-state index in [2.05, 4.69) is 0 Å². The summed E-state index contributed by atoms with van der Waals surface area (Å²) in [5.74, 6) is -0.335. The van der Waals surface area contributed by atoms with Gasteiger partial charge in [0, 0.05) is 62.0 Å². The molecular weight excluding hydrogens is 560 g/mol. The molecule has 0 aliphatic carbocycles. The monoisotopic (exact) mass is 588 g/mol. The number of ether oxygens (including phenoxy) is 2. The number of thioether (sulfide) groups is 1. The van der Waals surface area contributed by atoms with Gasteiger partial charge in [-0.2, -0.15) is 0 Å². The molecule has 3 atom stereocenters. The second-order valence-corrected chi connectivity index (χ2v) is 11.3. The fourth-order valence-electron chi connectivity index (χ4n) is 4.76. The van der Waals surface area contributed by atoms with Crippen molar-refractivity contribution >= 4 is 40.4 Å². The van der Waals surface area contributed by atoms with Gasteiger partial charge in [0.2, 0.25) is 0 Å². The van der Waals surface area contributed by atoms with Crippen molar-refractivity contribution in [2.24, 2.45) is 5.92 Å². The summed E-state index contributed by atoms with van der Waals surface area (Å²) in [4.78, 5) is 60.5. The largest absolute Gasteiger partial charge is 0.445 e. The number of non-ortho nitro benzene ring substituents is 2. The third-order valence-corrected chi connectivity index (χ3v) is 7.94. The van der Waals surface area contributed by atoms with Crippen molar-refractivity contribution in [2.45, 2.75) is 44.0 Å². The highest BCUT2D eigenvalue weighted by molar-refractivity contribution is 8.14. The van der Waals surface area contributed by atoms with Crippen LogP contribution in [-0.2, 0) is 27.5 Å². The highest BCUT2D eigenvalue weighted by atomic mass is 32.2. The van der Waals surface area contributed by atoms with Crippen LogP contribution in [0.2, 0.25) is 0 Å². The average molecular weight is 589 g/mol. The van der Waals surface area contributed by atoms with Crippen LogP contribution in [0.25, 0.3) is 0 Å². The van der Waals surface area contributed by atoms with Gasteiger partial charge in [0.15, 0.2) is 5.12 Å². The van der Waals surface area contributed by atoms with Crippen LogP contribution < -0.4 is 0 Å². The average Bonchev–Trinajstić information content (AvgIpc) is 3.33. The van der Waals surface area contributed by atoms with Gasteiger partial charge in [0.1, 0.15) is 13.2 Å². The van der Waals surface area contributed by atoms with Crippen molar-refractivity contribution in [2.75, 3.05) is 19.6 Å². The summed E-state index contributed by atoms with van der Waals surface area (Å²) in [7, 11) is 0. The fraction of sp³-hybridized carbons (Fsp3) is 0.423. The molecule has 0 saturated carbocycles. The number of nitro groups is 2. The van der Waals surface area contributed by atoms with E-state index in [9.17, 15) is 39.7 Å². The van der Waals surface area contributed by atoms with Crippen LogP contribution in [0, 0.1) is 26.1 Å². The molecule has 41 heavy (non-hydrogen) atoms. The Bertz CT molecular complexity index is 1300. The van der Waals surface area contributed by atoms with E-state index in [1.807, 2.05) is 0 Å². The lowest BCUT2D eigenvalue weighted by Gasteiger charge is -2.43. The SMILES string of the molecule is CC(=O)S[C@@H]1C[C@@H](C(O)C2CN(C(=O)OCc3ccc([N+](=O)[O-])cc3)C2)N(C(=O)OCc2ccc([N+](=O)[O-])cc2)C1. The molecule has 2 fully saturated rings. The second kappa shape index (κ2) is 13.0. The molecule has 14 nitrogen and oxygen atoms in total.